The minimum Gasteiger partial charge on any atom is -0.202 e. The molecule has 2 aromatic rings. The van der Waals surface area contributed by atoms with Crippen LogP contribution in [-0.2, 0) is 0 Å². The zero-order chi connectivity index (χ0) is 9.26. The lowest BCUT2D eigenvalue weighted by molar-refractivity contribution is 0.799. The monoisotopic (exact) mass is 193 g/mol. The Kier molecular flexibility index (Phi) is 2.02. The number of nitrogens with zero attached hydrogens (tertiary/aromatic N) is 3. The molecule has 3 nitrogen and oxygen atoms in total. The molecule has 2 rings (SSSR count). The molecular weight excluding hydrogens is 186 g/mol. The summed E-state index contributed by atoms with van der Waals surface area (Å²) < 4.78 is 1.61. The molecule has 0 saturated heterocycles. The molecule has 0 N–H and O–H groups in total. The Bertz CT molecular complexity index is 422. The quantitative estimate of drug-likeness (QED) is 0.696. The molecule has 0 spiro atoms. The van der Waals surface area contributed by atoms with Crippen LogP contribution in [0, 0.1) is 6.92 Å². The van der Waals surface area contributed by atoms with Gasteiger partial charge in [0.1, 0.15) is 0 Å². The van der Waals surface area contributed by atoms with E-state index in [1.54, 1.807) is 4.68 Å². The number of aromatic nitrogens is 3. The van der Waals surface area contributed by atoms with Gasteiger partial charge >= 0.3 is 0 Å². The Morgan fingerprint density at radius 1 is 1.31 bits per heavy atom. The molecular formula is C9H8ClN3. The molecule has 1 aromatic heterocycles. The Hall–Kier alpha value is -1.35. The average Bonchev–Trinajstić information content (AvgIpc) is 2.52. The molecule has 0 unspecified atom stereocenters. The lowest BCUT2D eigenvalue weighted by Gasteiger charge is -2.04. The number of para-hydroxylation sites is 1. The summed E-state index contributed by atoms with van der Waals surface area (Å²) in [4.78, 5) is 0. The van der Waals surface area contributed by atoms with Crippen LogP contribution in [-0.4, -0.2) is 15.0 Å². The van der Waals surface area contributed by atoms with Crippen LogP contribution < -0.4 is 0 Å². The predicted octanol–water partition coefficient (Wildman–Crippen LogP) is 2.23. The molecule has 1 aromatic carbocycles. The third-order valence-corrected chi connectivity index (χ3v) is 2.11. The first kappa shape index (κ1) is 8.26. The molecule has 0 amide bonds. The van der Waals surface area contributed by atoms with Gasteiger partial charge in [0.2, 0.25) is 0 Å². The van der Waals surface area contributed by atoms with Crippen LogP contribution in [0.2, 0.25) is 5.15 Å². The van der Waals surface area contributed by atoms with E-state index in [1.807, 2.05) is 31.2 Å². The fraction of sp³-hybridized carbons (Fsp3) is 0.111. The zero-order valence-electron chi connectivity index (χ0n) is 7.11. The molecule has 0 aliphatic rings. The maximum absolute atomic E-state index is 5.88. The molecule has 0 aliphatic heterocycles. The summed E-state index contributed by atoms with van der Waals surface area (Å²) in [6.07, 6.45) is 1.52. The lowest BCUT2D eigenvalue weighted by atomic mass is 10.2. The minimum absolute atomic E-state index is 0.523. The van der Waals surface area contributed by atoms with Crippen LogP contribution in [0.4, 0.5) is 0 Å². The molecule has 0 radical (unpaired) electrons. The van der Waals surface area contributed by atoms with E-state index >= 15 is 0 Å². The Morgan fingerprint density at radius 3 is 2.69 bits per heavy atom. The van der Waals surface area contributed by atoms with Crippen molar-refractivity contribution in [3.8, 4) is 5.69 Å². The summed E-state index contributed by atoms with van der Waals surface area (Å²) in [6, 6.07) is 7.88. The van der Waals surface area contributed by atoms with E-state index < -0.39 is 0 Å². The number of hydrogen-bond acceptors (Lipinski definition) is 2. The van der Waals surface area contributed by atoms with Gasteiger partial charge in [-0.3, -0.25) is 0 Å². The Balaban J connectivity index is 2.59. The third kappa shape index (κ3) is 1.42. The average molecular weight is 194 g/mol. The van der Waals surface area contributed by atoms with Crippen molar-refractivity contribution in [1.82, 2.24) is 15.0 Å². The van der Waals surface area contributed by atoms with E-state index in [1.165, 1.54) is 6.20 Å². The highest BCUT2D eigenvalue weighted by Gasteiger charge is 2.04. The topological polar surface area (TPSA) is 30.7 Å². The second-order valence-corrected chi connectivity index (χ2v) is 3.14. The van der Waals surface area contributed by atoms with Gasteiger partial charge < -0.3 is 0 Å². The Labute approximate surface area is 81.0 Å². The van der Waals surface area contributed by atoms with Gasteiger partial charge in [0.05, 0.1) is 11.9 Å². The summed E-state index contributed by atoms with van der Waals surface area (Å²) >= 11 is 5.88. The maximum atomic E-state index is 5.88. The van der Waals surface area contributed by atoms with E-state index in [4.69, 9.17) is 11.6 Å². The summed E-state index contributed by atoms with van der Waals surface area (Å²) in [7, 11) is 0. The van der Waals surface area contributed by atoms with Crippen LogP contribution in [0.25, 0.3) is 5.69 Å². The van der Waals surface area contributed by atoms with E-state index in [0.717, 1.165) is 11.3 Å². The van der Waals surface area contributed by atoms with Gasteiger partial charge in [-0.25, -0.2) is 4.68 Å². The predicted molar refractivity (Wildman–Crippen MR) is 51.1 cm³/mol. The highest BCUT2D eigenvalue weighted by atomic mass is 35.5. The smallest absolute Gasteiger partial charge is 0.153 e. The van der Waals surface area contributed by atoms with E-state index in [0.29, 0.717) is 5.15 Å². The molecule has 0 saturated carbocycles. The van der Waals surface area contributed by atoms with Gasteiger partial charge in [-0.1, -0.05) is 35.0 Å². The van der Waals surface area contributed by atoms with Gasteiger partial charge in [-0.05, 0) is 18.6 Å². The molecule has 13 heavy (non-hydrogen) atoms. The van der Waals surface area contributed by atoms with E-state index in [9.17, 15) is 0 Å². The van der Waals surface area contributed by atoms with Gasteiger partial charge in [-0.15, -0.1) is 5.10 Å². The maximum Gasteiger partial charge on any atom is 0.153 e. The van der Waals surface area contributed by atoms with Crippen molar-refractivity contribution in [3.63, 3.8) is 0 Å². The molecule has 1 heterocycles. The fourth-order valence-electron chi connectivity index (χ4n) is 1.19. The first-order valence-electron chi connectivity index (χ1n) is 3.91. The van der Waals surface area contributed by atoms with E-state index in [-0.39, 0.29) is 0 Å². The summed E-state index contributed by atoms with van der Waals surface area (Å²) in [6.45, 7) is 2.01. The van der Waals surface area contributed by atoms with Crippen LogP contribution >= 0.6 is 11.6 Å². The SMILES string of the molecule is Cc1ccccc1-n1nncc1Cl. The third-order valence-electron chi connectivity index (χ3n) is 1.85. The van der Waals surface area contributed by atoms with Crippen molar-refractivity contribution in [1.29, 1.82) is 0 Å². The molecule has 0 atom stereocenters. The summed E-state index contributed by atoms with van der Waals surface area (Å²) in [5, 5.41) is 8.12. The molecule has 0 bridgehead atoms. The molecule has 66 valence electrons. The van der Waals surface area contributed by atoms with Crippen molar-refractivity contribution >= 4 is 11.6 Å². The van der Waals surface area contributed by atoms with Crippen LogP contribution in [0.1, 0.15) is 5.56 Å². The molecule has 4 heteroatoms. The van der Waals surface area contributed by atoms with Gasteiger partial charge in [0.25, 0.3) is 0 Å². The van der Waals surface area contributed by atoms with Gasteiger partial charge in [0, 0.05) is 0 Å². The van der Waals surface area contributed by atoms with Gasteiger partial charge in [0.15, 0.2) is 5.15 Å². The molecule has 0 aliphatic carbocycles. The number of halogens is 1. The summed E-state index contributed by atoms with van der Waals surface area (Å²) in [5.41, 5.74) is 2.08. The van der Waals surface area contributed by atoms with Crippen molar-refractivity contribution < 1.29 is 0 Å². The summed E-state index contributed by atoms with van der Waals surface area (Å²) in [5.74, 6) is 0. The number of rotatable bonds is 1. The number of hydrogen-bond donors (Lipinski definition) is 0. The van der Waals surface area contributed by atoms with Crippen molar-refractivity contribution in [3.05, 3.63) is 41.2 Å². The second kappa shape index (κ2) is 3.18. The first-order chi connectivity index (χ1) is 6.29. The largest absolute Gasteiger partial charge is 0.202 e. The van der Waals surface area contributed by atoms with Crippen LogP contribution in [0.15, 0.2) is 30.5 Å². The fourth-order valence-corrected chi connectivity index (χ4v) is 1.36. The van der Waals surface area contributed by atoms with Crippen LogP contribution in [0.5, 0.6) is 0 Å². The second-order valence-electron chi connectivity index (χ2n) is 2.76. The lowest BCUT2D eigenvalue weighted by Crippen LogP contribution is -1.98. The van der Waals surface area contributed by atoms with Gasteiger partial charge in [-0.2, -0.15) is 0 Å². The van der Waals surface area contributed by atoms with E-state index in [2.05, 4.69) is 10.3 Å². The van der Waals surface area contributed by atoms with Crippen molar-refractivity contribution in [2.75, 3.05) is 0 Å². The highest BCUT2D eigenvalue weighted by Crippen LogP contribution is 2.16. The molecule has 0 fully saturated rings. The number of benzene rings is 1. The Morgan fingerprint density at radius 2 is 2.08 bits per heavy atom. The zero-order valence-corrected chi connectivity index (χ0v) is 7.86. The van der Waals surface area contributed by atoms with Crippen molar-refractivity contribution in [2.45, 2.75) is 6.92 Å². The highest BCUT2D eigenvalue weighted by molar-refractivity contribution is 6.29. The number of aryl methyl sites for hydroxylation is 1. The normalized spacial score (nSPS) is 10.3. The first-order valence-corrected chi connectivity index (χ1v) is 4.29. The van der Waals surface area contributed by atoms with Crippen molar-refractivity contribution in [2.24, 2.45) is 0 Å². The minimum atomic E-state index is 0.523. The van der Waals surface area contributed by atoms with Crippen LogP contribution in [0.3, 0.4) is 0 Å². The standard InChI is InChI=1S/C9H8ClN3/c1-7-4-2-3-5-8(7)13-9(10)6-11-12-13/h2-6H,1H3.